The van der Waals surface area contributed by atoms with Gasteiger partial charge in [-0.3, -0.25) is 10.1 Å². The van der Waals surface area contributed by atoms with Crippen LogP contribution in [0.5, 0.6) is 5.75 Å². The first-order chi connectivity index (χ1) is 10.8. The molecular weight excluding hydrogens is 388 g/mol. The third kappa shape index (κ3) is 4.51. The highest BCUT2D eigenvalue weighted by molar-refractivity contribution is 9.10. The van der Waals surface area contributed by atoms with E-state index >= 15 is 0 Å². The van der Waals surface area contributed by atoms with Crippen LogP contribution < -0.4 is 4.18 Å². The molecule has 0 aliphatic heterocycles. The van der Waals surface area contributed by atoms with Crippen molar-refractivity contribution in [1.29, 1.82) is 5.26 Å². The second-order valence-electron chi connectivity index (χ2n) is 4.47. The van der Waals surface area contributed by atoms with E-state index in [0.717, 1.165) is 12.1 Å². The topological polar surface area (TPSA) is 110 Å². The summed E-state index contributed by atoms with van der Waals surface area (Å²) in [6.45, 7) is 0. The fourth-order valence-corrected chi connectivity index (χ4v) is 3.35. The minimum atomic E-state index is -3.95. The highest BCUT2D eigenvalue weighted by Crippen LogP contribution is 2.30. The first-order valence-corrected chi connectivity index (χ1v) is 8.53. The Labute approximate surface area is 140 Å². The molecule has 0 bridgehead atoms. The van der Waals surface area contributed by atoms with Crippen LogP contribution in [-0.4, -0.2) is 13.3 Å². The van der Waals surface area contributed by atoms with Gasteiger partial charge in [0.1, 0.15) is 5.75 Å². The number of hydrogen-bond acceptors (Lipinski definition) is 6. The number of halogens is 1. The summed E-state index contributed by atoms with van der Waals surface area (Å²) in [6, 6.07) is 11.5. The van der Waals surface area contributed by atoms with Crippen molar-refractivity contribution in [3.05, 3.63) is 68.2 Å². The monoisotopic (exact) mass is 396 g/mol. The molecule has 0 aliphatic rings. The Hall–Kier alpha value is -2.44. The third-order valence-corrected chi connectivity index (χ3v) is 4.51. The molecule has 0 aromatic heterocycles. The number of nitrogens with zero attached hydrogens (tertiary/aromatic N) is 2. The van der Waals surface area contributed by atoms with Crippen LogP contribution in [0.3, 0.4) is 0 Å². The standard InChI is InChI=1S/C14H9BrN2O5S/c15-13-7-12(17(18)19)5-6-14(13)22-23(20,21)9-11-3-1-10(8-16)2-4-11/h1-7H,9H2. The molecule has 2 aromatic carbocycles. The number of nitro groups is 1. The second-order valence-corrected chi connectivity index (χ2v) is 6.89. The molecule has 0 saturated carbocycles. The Morgan fingerprint density at radius 1 is 1.22 bits per heavy atom. The maximum Gasteiger partial charge on any atom is 0.313 e. The quantitative estimate of drug-likeness (QED) is 0.436. The van der Waals surface area contributed by atoms with Gasteiger partial charge in [-0.05, 0) is 39.7 Å². The van der Waals surface area contributed by atoms with Crippen molar-refractivity contribution in [2.45, 2.75) is 5.75 Å². The summed E-state index contributed by atoms with van der Waals surface area (Å²) in [6.07, 6.45) is 0. The van der Waals surface area contributed by atoms with E-state index < -0.39 is 15.0 Å². The molecule has 0 radical (unpaired) electrons. The largest absolute Gasteiger partial charge is 0.381 e. The van der Waals surface area contributed by atoms with Crippen LogP contribution >= 0.6 is 15.9 Å². The fourth-order valence-electron chi connectivity index (χ4n) is 1.72. The van der Waals surface area contributed by atoms with Crippen molar-refractivity contribution in [2.24, 2.45) is 0 Å². The molecular formula is C14H9BrN2O5S. The number of nitro benzene ring substituents is 1. The summed E-state index contributed by atoms with van der Waals surface area (Å²) in [7, 11) is -3.95. The Bertz CT molecular complexity index is 888. The van der Waals surface area contributed by atoms with E-state index in [-0.39, 0.29) is 21.7 Å². The van der Waals surface area contributed by atoms with Gasteiger partial charge in [-0.15, -0.1) is 0 Å². The van der Waals surface area contributed by atoms with E-state index in [4.69, 9.17) is 9.44 Å². The second kappa shape index (κ2) is 6.76. The maximum atomic E-state index is 12.1. The van der Waals surface area contributed by atoms with Crippen LogP contribution in [0.15, 0.2) is 46.9 Å². The lowest BCUT2D eigenvalue weighted by molar-refractivity contribution is -0.384. The van der Waals surface area contributed by atoms with Crippen LogP contribution in [0, 0.1) is 21.4 Å². The molecule has 0 unspecified atom stereocenters. The van der Waals surface area contributed by atoms with E-state index in [1.165, 1.54) is 30.3 Å². The molecule has 9 heteroatoms. The van der Waals surface area contributed by atoms with Gasteiger partial charge in [-0.2, -0.15) is 13.7 Å². The lowest BCUT2D eigenvalue weighted by Gasteiger charge is -2.08. The number of nitriles is 1. The summed E-state index contributed by atoms with van der Waals surface area (Å²) in [5.74, 6) is -0.425. The summed E-state index contributed by atoms with van der Waals surface area (Å²) < 4.78 is 29.2. The molecule has 23 heavy (non-hydrogen) atoms. The summed E-state index contributed by atoms with van der Waals surface area (Å²) in [5, 5.41) is 19.3. The van der Waals surface area contributed by atoms with Crippen LogP contribution in [0.25, 0.3) is 0 Å². The first-order valence-electron chi connectivity index (χ1n) is 6.16. The zero-order valence-corrected chi connectivity index (χ0v) is 13.9. The Kier molecular flexibility index (Phi) is 4.98. The van der Waals surface area contributed by atoms with E-state index in [0.29, 0.717) is 11.1 Å². The van der Waals surface area contributed by atoms with Crippen molar-refractivity contribution >= 4 is 31.7 Å². The van der Waals surface area contributed by atoms with Gasteiger partial charge in [0, 0.05) is 12.1 Å². The van der Waals surface area contributed by atoms with Crippen LogP contribution in [0.4, 0.5) is 5.69 Å². The maximum absolute atomic E-state index is 12.1. The Balaban J connectivity index is 2.17. The SMILES string of the molecule is N#Cc1ccc(CS(=O)(=O)Oc2ccc([N+](=O)[O-])cc2Br)cc1. The third-order valence-electron chi connectivity index (χ3n) is 2.77. The molecule has 0 amide bonds. The lowest BCUT2D eigenvalue weighted by atomic mass is 10.2. The van der Waals surface area contributed by atoms with E-state index in [2.05, 4.69) is 15.9 Å². The van der Waals surface area contributed by atoms with Gasteiger partial charge in [0.25, 0.3) is 5.69 Å². The molecule has 0 saturated heterocycles. The molecule has 0 fully saturated rings. The average Bonchev–Trinajstić information content (AvgIpc) is 2.49. The van der Waals surface area contributed by atoms with Crippen LogP contribution in [0.2, 0.25) is 0 Å². The number of hydrogen-bond donors (Lipinski definition) is 0. The highest BCUT2D eigenvalue weighted by Gasteiger charge is 2.18. The summed E-state index contributed by atoms with van der Waals surface area (Å²) in [5.41, 5.74) is 0.695. The fraction of sp³-hybridized carbons (Fsp3) is 0.0714. The van der Waals surface area contributed by atoms with Crippen molar-refractivity contribution in [1.82, 2.24) is 0 Å². The molecule has 7 nitrogen and oxygen atoms in total. The Morgan fingerprint density at radius 3 is 2.39 bits per heavy atom. The van der Waals surface area contributed by atoms with Crippen molar-refractivity contribution in [3.63, 3.8) is 0 Å². The average molecular weight is 397 g/mol. The van der Waals surface area contributed by atoms with Gasteiger partial charge in [0.15, 0.2) is 5.75 Å². The minimum absolute atomic E-state index is 0.0377. The number of benzene rings is 2. The van der Waals surface area contributed by atoms with Crippen molar-refractivity contribution in [3.8, 4) is 11.8 Å². The van der Waals surface area contributed by atoms with Crippen molar-refractivity contribution in [2.75, 3.05) is 0 Å². The number of non-ortho nitro benzene ring substituents is 1. The van der Waals surface area contributed by atoms with Gasteiger partial charge < -0.3 is 4.18 Å². The molecule has 0 N–H and O–H groups in total. The molecule has 0 aliphatic carbocycles. The van der Waals surface area contributed by atoms with E-state index in [1.54, 1.807) is 0 Å². The highest BCUT2D eigenvalue weighted by atomic mass is 79.9. The molecule has 2 rings (SSSR count). The molecule has 0 heterocycles. The van der Waals surface area contributed by atoms with Crippen LogP contribution in [0.1, 0.15) is 11.1 Å². The molecule has 2 aromatic rings. The van der Waals surface area contributed by atoms with Gasteiger partial charge in [0.2, 0.25) is 0 Å². The van der Waals surface area contributed by atoms with Gasteiger partial charge in [-0.1, -0.05) is 12.1 Å². The first kappa shape index (κ1) is 16.9. The summed E-state index contributed by atoms with van der Waals surface area (Å²) >= 11 is 3.04. The minimum Gasteiger partial charge on any atom is -0.381 e. The molecule has 118 valence electrons. The zero-order chi connectivity index (χ0) is 17.0. The van der Waals surface area contributed by atoms with Gasteiger partial charge in [-0.25, -0.2) is 0 Å². The van der Waals surface area contributed by atoms with E-state index in [1.807, 2.05) is 6.07 Å². The van der Waals surface area contributed by atoms with Crippen LogP contribution in [-0.2, 0) is 15.9 Å². The van der Waals surface area contributed by atoms with E-state index in [9.17, 15) is 18.5 Å². The predicted molar refractivity (Wildman–Crippen MR) is 85.2 cm³/mol. The zero-order valence-electron chi connectivity index (χ0n) is 11.5. The van der Waals surface area contributed by atoms with Gasteiger partial charge >= 0.3 is 10.1 Å². The lowest BCUT2D eigenvalue weighted by Crippen LogP contribution is -2.12. The number of rotatable bonds is 5. The molecule has 0 atom stereocenters. The van der Waals surface area contributed by atoms with Gasteiger partial charge in [0.05, 0.1) is 21.0 Å². The van der Waals surface area contributed by atoms with Crippen molar-refractivity contribution < 1.29 is 17.5 Å². The summed E-state index contributed by atoms with van der Waals surface area (Å²) in [4.78, 5) is 10.0. The normalized spacial score (nSPS) is 10.8. The predicted octanol–water partition coefficient (Wildman–Crippen LogP) is 3.14. The Morgan fingerprint density at radius 2 is 1.87 bits per heavy atom. The molecule has 0 spiro atoms. The smallest absolute Gasteiger partial charge is 0.313 e.